The number of benzene rings is 2. The van der Waals surface area contributed by atoms with Crippen molar-refractivity contribution in [1.29, 1.82) is 0 Å². The van der Waals surface area contributed by atoms with Crippen molar-refractivity contribution in [2.75, 3.05) is 61.9 Å². The van der Waals surface area contributed by atoms with Crippen molar-refractivity contribution in [2.45, 2.75) is 0 Å². The van der Waals surface area contributed by atoms with Crippen molar-refractivity contribution < 1.29 is 24.5 Å². The molecule has 1 aliphatic rings. The summed E-state index contributed by atoms with van der Waals surface area (Å²) in [6, 6.07) is 12.8. The topological polar surface area (TPSA) is 128 Å². The number of anilines is 4. The number of aliphatic hydroxyl groups excluding tert-OH is 1. The van der Waals surface area contributed by atoms with Gasteiger partial charge in [-0.15, -0.1) is 0 Å². The number of nitrogens with two attached hydrogens (primary N) is 1. The first kappa shape index (κ1) is 21.4. The molecule has 0 unspecified atom stereocenters. The van der Waals surface area contributed by atoms with Gasteiger partial charge in [0.2, 0.25) is 0 Å². The van der Waals surface area contributed by atoms with E-state index in [-0.39, 0.29) is 19.8 Å². The summed E-state index contributed by atoms with van der Waals surface area (Å²) < 4.78 is 4.90. The summed E-state index contributed by atoms with van der Waals surface area (Å²) in [6.45, 7) is 2.68. The Morgan fingerprint density at radius 2 is 1.87 bits per heavy atom. The lowest BCUT2D eigenvalue weighted by atomic mass is 10.1. The maximum Gasteiger partial charge on any atom is 0.338 e. The molecule has 1 saturated heterocycles. The second kappa shape index (κ2) is 9.95. The highest BCUT2D eigenvalue weighted by atomic mass is 16.5. The van der Waals surface area contributed by atoms with E-state index in [4.69, 9.17) is 20.7 Å². The Hall–Kier alpha value is -3.30. The zero-order valence-electron chi connectivity index (χ0n) is 16.6. The lowest BCUT2D eigenvalue weighted by Gasteiger charge is -2.35. The van der Waals surface area contributed by atoms with Gasteiger partial charge in [-0.3, -0.25) is 9.69 Å². The number of nitrogens with one attached hydrogen (secondary N) is 1. The smallest absolute Gasteiger partial charge is 0.338 e. The first-order chi connectivity index (χ1) is 14.5. The Kier molecular flexibility index (Phi) is 7.10. The highest BCUT2D eigenvalue weighted by molar-refractivity contribution is 5.92. The van der Waals surface area contributed by atoms with Gasteiger partial charge in [0.15, 0.2) is 0 Å². The van der Waals surface area contributed by atoms with Crippen LogP contribution in [-0.4, -0.2) is 73.0 Å². The summed E-state index contributed by atoms with van der Waals surface area (Å²) in [6.07, 6.45) is 0. The largest absolute Gasteiger partial charge is 0.480 e. The molecule has 0 spiro atoms. The van der Waals surface area contributed by atoms with Gasteiger partial charge < -0.3 is 30.9 Å². The van der Waals surface area contributed by atoms with Crippen molar-refractivity contribution in [2.24, 2.45) is 0 Å². The predicted octanol–water partition coefficient (Wildman–Crippen LogP) is 1.37. The number of carbonyl (C=O) groups excluding carboxylic acids is 1. The number of nitrogens with zero attached hydrogens (tertiary/aromatic N) is 2. The van der Waals surface area contributed by atoms with Gasteiger partial charge in [0.1, 0.15) is 6.61 Å². The minimum atomic E-state index is -0.806. The number of ether oxygens (including phenoxy) is 1. The quantitative estimate of drug-likeness (QED) is 0.374. The van der Waals surface area contributed by atoms with Gasteiger partial charge in [-0.25, -0.2) is 4.79 Å². The molecule has 1 fully saturated rings. The number of aliphatic hydroxyl groups is 1. The zero-order valence-corrected chi connectivity index (χ0v) is 16.6. The van der Waals surface area contributed by atoms with Crippen LogP contribution in [0, 0.1) is 0 Å². The molecule has 0 amide bonds. The van der Waals surface area contributed by atoms with Crippen molar-refractivity contribution in [3.05, 3.63) is 48.0 Å². The van der Waals surface area contributed by atoms with E-state index in [0.29, 0.717) is 30.0 Å². The average Bonchev–Trinajstić information content (AvgIpc) is 2.74. The van der Waals surface area contributed by atoms with Crippen LogP contribution in [0.25, 0.3) is 0 Å². The zero-order chi connectivity index (χ0) is 21.5. The number of aliphatic carboxylic acids is 1. The molecule has 0 aliphatic carbocycles. The average molecular weight is 414 g/mol. The van der Waals surface area contributed by atoms with Crippen LogP contribution in [0.15, 0.2) is 42.5 Å². The van der Waals surface area contributed by atoms with Gasteiger partial charge in [0.25, 0.3) is 0 Å². The molecule has 2 aromatic carbocycles. The van der Waals surface area contributed by atoms with Crippen molar-refractivity contribution in [3.8, 4) is 0 Å². The van der Waals surface area contributed by atoms with E-state index in [1.807, 2.05) is 29.2 Å². The second-order valence-electron chi connectivity index (χ2n) is 6.99. The van der Waals surface area contributed by atoms with E-state index in [2.05, 4.69) is 10.2 Å². The predicted molar refractivity (Wildman–Crippen MR) is 114 cm³/mol. The molecule has 2 aromatic rings. The lowest BCUT2D eigenvalue weighted by Crippen LogP contribution is -2.47. The van der Waals surface area contributed by atoms with Crippen LogP contribution in [0.1, 0.15) is 10.4 Å². The van der Waals surface area contributed by atoms with Crippen molar-refractivity contribution in [3.63, 3.8) is 0 Å². The third kappa shape index (κ3) is 5.62. The normalized spacial score (nSPS) is 14.4. The number of nitrogen functional groups attached to an aromatic ring is 1. The molecule has 0 radical (unpaired) electrons. The van der Waals surface area contributed by atoms with Crippen LogP contribution in [-0.2, 0) is 9.53 Å². The molecule has 9 heteroatoms. The molecule has 3 rings (SSSR count). The maximum atomic E-state index is 11.9. The van der Waals surface area contributed by atoms with Crippen LogP contribution < -0.4 is 16.0 Å². The van der Waals surface area contributed by atoms with Crippen LogP contribution >= 0.6 is 0 Å². The van der Waals surface area contributed by atoms with Gasteiger partial charge in [-0.1, -0.05) is 6.07 Å². The molecule has 0 saturated carbocycles. The number of piperazine rings is 1. The summed E-state index contributed by atoms with van der Waals surface area (Å²) in [4.78, 5) is 26.9. The van der Waals surface area contributed by atoms with Crippen molar-refractivity contribution in [1.82, 2.24) is 4.90 Å². The molecule has 1 aliphatic heterocycles. The fourth-order valence-electron chi connectivity index (χ4n) is 3.32. The number of esters is 1. The van der Waals surface area contributed by atoms with Crippen LogP contribution in [0.3, 0.4) is 0 Å². The van der Waals surface area contributed by atoms with E-state index >= 15 is 0 Å². The van der Waals surface area contributed by atoms with Gasteiger partial charge in [0.05, 0.1) is 30.1 Å². The fraction of sp³-hybridized carbons (Fsp3) is 0.333. The van der Waals surface area contributed by atoms with E-state index in [9.17, 15) is 9.59 Å². The van der Waals surface area contributed by atoms with Gasteiger partial charge in [-0.2, -0.15) is 0 Å². The Morgan fingerprint density at radius 1 is 1.10 bits per heavy atom. The minimum Gasteiger partial charge on any atom is -0.480 e. The van der Waals surface area contributed by atoms with Crippen LogP contribution in [0.4, 0.5) is 22.7 Å². The van der Waals surface area contributed by atoms with E-state index < -0.39 is 11.9 Å². The minimum absolute atomic E-state index is 0.0594. The summed E-state index contributed by atoms with van der Waals surface area (Å²) in [5, 5.41) is 20.9. The molecule has 5 N–H and O–H groups in total. The number of carbonyl (C=O) groups is 2. The first-order valence-electron chi connectivity index (χ1n) is 9.70. The van der Waals surface area contributed by atoms with Gasteiger partial charge in [0, 0.05) is 37.6 Å². The van der Waals surface area contributed by atoms with E-state index in [1.54, 1.807) is 12.1 Å². The number of hydrogen-bond donors (Lipinski definition) is 4. The molecule has 1 heterocycles. The van der Waals surface area contributed by atoms with Crippen LogP contribution in [0.2, 0.25) is 0 Å². The number of rotatable bonds is 8. The summed E-state index contributed by atoms with van der Waals surface area (Å²) in [5.41, 5.74) is 9.36. The molecular weight excluding hydrogens is 388 g/mol. The summed E-state index contributed by atoms with van der Waals surface area (Å²) >= 11 is 0. The van der Waals surface area contributed by atoms with E-state index in [0.717, 1.165) is 24.5 Å². The van der Waals surface area contributed by atoms with Crippen molar-refractivity contribution >= 4 is 34.7 Å². The monoisotopic (exact) mass is 414 g/mol. The maximum absolute atomic E-state index is 11.9. The summed E-state index contributed by atoms with van der Waals surface area (Å²) in [5.74, 6) is -1.34. The molecule has 0 atom stereocenters. The summed E-state index contributed by atoms with van der Waals surface area (Å²) in [7, 11) is 0. The number of hydrogen-bond acceptors (Lipinski definition) is 8. The molecule has 160 valence electrons. The number of carboxylic acid groups (broad SMARTS) is 1. The van der Waals surface area contributed by atoms with Gasteiger partial charge in [-0.05, 0) is 36.4 Å². The Labute approximate surface area is 174 Å². The second-order valence-corrected chi connectivity index (χ2v) is 6.99. The number of carboxylic acids is 1. The molecular formula is C21H26N4O5. The van der Waals surface area contributed by atoms with E-state index in [1.165, 1.54) is 6.07 Å². The highest BCUT2D eigenvalue weighted by Gasteiger charge is 2.19. The Bertz CT molecular complexity index is 897. The Balaban J connectivity index is 1.64. The molecule has 0 bridgehead atoms. The highest BCUT2D eigenvalue weighted by Crippen LogP contribution is 2.27. The van der Waals surface area contributed by atoms with Crippen LogP contribution in [0.5, 0.6) is 0 Å². The molecule has 30 heavy (non-hydrogen) atoms. The third-order valence-corrected chi connectivity index (χ3v) is 4.83. The lowest BCUT2D eigenvalue weighted by molar-refractivity contribution is -0.138. The molecule has 0 aromatic heterocycles. The first-order valence-corrected chi connectivity index (χ1v) is 9.70. The third-order valence-electron chi connectivity index (χ3n) is 4.83. The van der Waals surface area contributed by atoms with Gasteiger partial charge >= 0.3 is 11.9 Å². The fourth-order valence-corrected chi connectivity index (χ4v) is 3.32. The molecule has 9 nitrogen and oxygen atoms in total. The Morgan fingerprint density at radius 3 is 2.53 bits per heavy atom. The SMILES string of the molecule is Nc1cc(C(=O)OCCO)ccc1Nc1cccc(N2CCN(CC(=O)O)CC2)c1. The standard InChI is InChI=1S/C21H26N4O5/c22-18-12-15(21(29)30-11-10-26)4-5-19(18)23-16-2-1-3-17(13-16)25-8-6-24(7-9-25)14-20(27)28/h1-5,12-13,23,26H,6-11,14,22H2,(H,27,28).